The highest BCUT2D eigenvalue weighted by Crippen LogP contribution is 2.36. The second-order valence-electron chi connectivity index (χ2n) is 6.31. The minimum Gasteiger partial charge on any atom is -0.481 e. The van der Waals surface area contributed by atoms with Crippen LogP contribution in [0.4, 0.5) is 0 Å². The Labute approximate surface area is 137 Å². The number of benzene rings is 3. The second-order valence-corrected chi connectivity index (χ2v) is 6.31. The van der Waals surface area contributed by atoms with Crippen molar-refractivity contribution in [2.45, 2.75) is 40.5 Å². The number of fused-ring (bicyclic) bond motifs is 3. The van der Waals surface area contributed by atoms with Crippen molar-refractivity contribution in [1.82, 2.24) is 0 Å². The molecule has 120 valence electrons. The molecule has 0 aliphatic rings. The van der Waals surface area contributed by atoms with Gasteiger partial charge in [-0.1, -0.05) is 61.9 Å². The average Bonchev–Trinajstić information content (AvgIpc) is 2.46. The summed E-state index contributed by atoms with van der Waals surface area (Å²) in [5.74, 6) is -0.283. The molecule has 2 nitrogen and oxygen atoms in total. The lowest BCUT2D eigenvalue weighted by Gasteiger charge is -2.18. The average molecular weight is 308 g/mol. The molecule has 0 amide bonds. The Kier molecular flexibility index (Phi) is 5.05. The van der Waals surface area contributed by atoms with Crippen LogP contribution in [-0.4, -0.2) is 11.1 Å². The molecule has 0 saturated carbocycles. The van der Waals surface area contributed by atoms with Crippen LogP contribution >= 0.6 is 0 Å². The van der Waals surface area contributed by atoms with Gasteiger partial charge in [0.2, 0.25) is 0 Å². The van der Waals surface area contributed by atoms with E-state index in [1.807, 2.05) is 0 Å². The fourth-order valence-electron chi connectivity index (χ4n) is 3.25. The minimum atomic E-state index is -0.833. The lowest BCUT2D eigenvalue weighted by Crippen LogP contribution is -1.96. The zero-order valence-electron chi connectivity index (χ0n) is 14.5. The van der Waals surface area contributed by atoms with E-state index in [1.54, 1.807) is 0 Å². The van der Waals surface area contributed by atoms with Crippen molar-refractivity contribution < 1.29 is 9.90 Å². The molecule has 0 aliphatic heterocycles. The molecule has 0 atom stereocenters. The Morgan fingerprint density at radius 3 is 2.00 bits per heavy atom. The number of carbonyl (C=O) groups is 1. The Balaban J connectivity index is 0.000000433. The Morgan fingerprint density at radius 1 is 0.913 bits per heavy atom. The normalized spacial score (nSPS) is 10.7. The van der Waals surface area contributed by atoms with Crippen LogP contribution in [0.1, 0.15) is 43.4 Å². The molecule has 0 heterocycles. The molecular weight excluding hydrogens is 284 g/mol. The van der Waals surface area contributed by atoms with Gasteiger partial charge >= 0.3 is 0 Å². The van der Waals surface area contributed by atoms with E-state index >= 15 is 0 Å². The molecule has 0 fully saturated rings. The number of rotatable bonds is 1. The van der Waals surface area contributed by atoms with Crippen LogP contribution in [0, 0.1) is 13.8 Å². The van der Waals surface area contributed by atoms with Crippen LogP contribution in [-0.2, 0) is 4.79 Å². The summed E-state index contributed by atoms with van der Waals surface area (Å²) in [5.41, 5.74) is 4.27. The molecule has 0 saturated heterocycles. The van der Waals surface area contributed by atoms with Gasteiger partial charge in [0.15, 0.2) is 0 Å². The van der Waals surface area contributed by atoms with Gasteiger partial charge < -0.3 is 5.11 Å². The van der Waals surface area contributed by atoms with Gasteiger partial charge in [0.25, 0.3) is 5.97 Å². The molecule has 0 bridgehead atoms. The van der Waals surface area contributed by atoms with Crippen LogP contribution in [0.25, 0.3) is 21.5 Å². The Morgan fingerprint density at radius 2 is 1.43 bits per heavy atom. The predicted octanol–water partition coefficient (Wildman–Crippen LogP) is 5.82. The van der Waals surface area contributed by atoms with Gasteiger partial charge in [-0.15, -0.1) is 0 Å². The van der Waals surface area contributed by atoms with Gasteiger partial charge in [0, 0.05) is 6.92 Å². The Bertz CT molecular complexity index is 856. The van der Waals surface area contributed by atoms with Crippen molar-refractivity contribution in [3.8, 4) is 0 Å². The van der Waals surface area contributed by atoms with Crippen LogP contribution in [0.2, 0.25) is 0 Å². The van der Waals surface area contributed by atoms with E-state index in [-0.39, 0.29) is 0 Å². The lowest BCUT2D eigenvalue weighted by molar-refractivity contribution is -0.134. The first-order valence-electron chi connectivity index (χ1n) is 7.94. The molecule has 3 rings (SSSR count). The summed E-state index contributed by atoms with van der Waals surface area (Å²) in [6.45, 7) is 10.1. The second kappa shape index (κ2) is 6.82. The summed E-state index contributed by atoms with van der Waals surface area (Å²) in [7, 11) is 0. The molecule has 0 unspecified atom stereocenters. The van der Waals surface area contributed by atoms with Crippen molar-refractivity contribution in [3.05, 3.63) is 59.2 Å². The first-order valence-corrected chi connectivity index (χ1v) is 7.94. The van der Waals surface area contributed by atoms with E-state index in [4.69, 9.17) is 9.90 Å². The monoisotopic (exact) mass is 308 g/mol. The zero-order valence-corrected chi connectivity index (χ0v) is 14.5. The maximum absolute atomic E-state index is 9.00. The van der Waals surface area contributed by atoms with Crippen LogP contribution in [0.5, 0.6) is 0 Å². The molecular formula is C21H24O2. The smallest absolute Gasteiger partial charge is 0.300 e. The molecule has 23 heavy (non-hydrogen) atoms. The maximum Gasteiger partial charge on any atom is 0.300 e. The van der Waals surface area contributed by atoms with Crippen molar-refractivity contribution in [1.29, 1.82) is 0 Å². The highest BCUT2D eigenvalue weighted by atomic mass is 16.4. The molecule has 0 aliphatic carbocycles. The van der Waals surface area contributed by atoms with E-state index in [1.165, 1.54) is 38.2 Å². The van der Waals surface area contributed by atoms with Gasteiger partial charge in [-0.3, -0.25) is 4.79 Å². The lowest BCUT2D eigenvalue weighted by atomic mass is 9.86. The number of hydrogen-bond donors (Lipinski definition) is 1. The third kappa shape index (κ3) is 3.53. The fourth-order valence-corrected chi connectivity index (χ4v) is 3.25. The van der Waals surface area contributed by atoms with Crippen molar-refractivity contribution in [2.24, 2.45) is 0 Å². The van der Waals surface area contributed by atoms with Crippen LogP contribution < -0.4 is 0 Å². The van der Waals surface area contributed by atoms with Gasteiger partial charge in [-0.05, 0) is 52.4 Å². The number of hydrogen-bond acceptors (Lipinski definition) is 1. The van der Waals surface area contributed by atoms with Gasteiger partial charge in [0.05, 0.1) is 0 Å². The van der Waals surface area contributed by atoms with Crippen molar-refractivity contribution in [3.63, 3.8) is 0 Å². The summed E-state index contributed by atoms with van der Waals surface area (Å²) < 4.78 is 0. The molecule has 3 aromatic carbocycles. The van der Waals surface area contributed by atoms with Crippen LogP contribution in [0.15, 0.2) is 42.5 Å². The highest BCUT2D eigenvalue weighted by molar-refractivity contribution is 6.11. The third-order valence-corrected chi connectivity index (χ3v) is 4.07. The standard InChI is InChI=1S/C19H20.C2H4O2/c1-12(2)19-14(4)15-7-5-6-8-16(15)17-10-9-13(3)11-18(17)19;1-2(3)4/h5-12H,1-4H3;1H3,(H,3,4). The van der Waals surface area contributed by atoms with Crippen molar-refractivity contribution in [2.75, 3.05) is 0 Å². The van der Waals surface area contributed by atoms with E-state index in [9.17, 15) is 0 Å². The van der Waals surface area contributed by atoms with Crippen molar-refractivity contribution >= 4 is 27.5 Å². The SMILES string of the molecule is CC(=O)O.Cc1ccc2c(c1)c(C(C)C)c(C)c1ccccc12. The summed E-state index contributed by atoms with van der Waals surface area (Å²) in [5, 5.41) is 13.0. The van der Waals surface area contributed by atoms with E-state index in [2.05, 4.69) is 70.2 Å². The molecule has 2 heteroatoms. The number of carboxylic acids is 1. The van der Waals surface area contributed by atoms with Gasteiger partial charge in [0.1, 0.15) is 0 Å². The minimum absolute atomic E-state index is 0.550. The Hall–Kier alpha value is -2.35. The summed E-state index contributed by atoms with van der Waals surface area (Å²) in [4.78, 5) is 9.00. The predicted molar refractivity (Wildman–Crippen MR) is 98.3 cm³/mol. The molecule has 0 radical (unpaired) electrons. The third-order valence-electron chi connectivity index (χ3n) is 4.07. The molecule has 0 spiro atoms. The molecule has 0 aromatic heterocycles. The first kappa shape index (κ1) is 17.0. The number of aliphatic carboxylic acids is 1. The number of aryl methyl sites for hydroxylation is 2. The molecule has 1 N–H and O–H groups in total. The largest absolute Gasteiger partial charge is 0.481 e. The van der Waals surface area contributed by atoms with E-state index in [0.29, 0.717) is 5.92 Å². The summed E-state index contributed by atoms with van der Waals surface area (Å²) in [6, 6.07) is 15.6. The van der Waals surface area contributed by atoms with E-state index in [0.717, 1.165) is 6.92 Å². The fraction of sp³-hybridized carbons (Fsp3) is 0.286. The topological polar surface area (TPSA) is 37.3 Å². The number of carboxylic acid groups (broad SMARTS) is 1. The zero-order chi connectivity index (χ0) is 17.1. The maximum atomic E-state index is 9.00. The first-order chi connectivity index (χ1) is 10.8. The molecule has 3 aromatic rings. The highest BCUT2D eigenvalue weighted by Gasteiger charge is 2.13. The summed E-state index contributed by atoms with van der Waals surface area (Å²) in [6.07, 6.45) is 0. The summed E-state index contributed by atoms with van der Waals surface area (Å²) >= 11 is 0. The van der Waals surface area contributed by atoms with Gasteiger partial charge in [-0.25, -0.2) is 0 Å². The van der Waals surface area contributed by atoms with E-state index < -0.39 is 5.97 Å². The van der Waals surface area contributed by atoms with Crippen LogP contribution in [0.3, 0.4) is 0 Å². The quantitative estimate of drug-likeness (QED) is 0.575. The van der Waals surface area contributed by atoms with Gasteiger partial charge in [-0.2, -0.15) is 0 Å².